The fourth-order valence-corrected chi connectivity index (χ4v) is 0.707. The molecule has 0 aliphatic carbocycles. The summed E-state index contributed by atoms with van der Waals surface area (Å²) in [6.07, 6.45) is 0.750. The maximum Gasteiger partial charge on any atom is 0.231 e. The molecular weight excluding hydrogens is 158 g/mol. The van der Waals surface area contributed by atoms with Crippen molar-refractivity contribution in [2.75, 3.05) is 7.11 Å². The zero-order valence-corrected chi connectivity index (χ0v) is 8.89. The van der Waals surface area contributed by atoms with E-state index in [0.29, 0.717) is 0 Å². The Kier molecular flexibility index (Phi) is 7.52. The minimum absolute atomic E-state index is 0.729. The number of carbonyl (C=O) groups excluding carboxylic acids is 1. The van der Waals surface area contributed by atoms with Crippen LogP contribution in [0.3, 0.4) is 0 Å². The second kappa shape index (κ2) is 6.28. The Labute approximate surface area is 69.4 Å². The summed E-state index contributed by atoms with van der Waals surface area (Å²) in [5, 5.41) is 5.40. The van der Waals surface area contributed by atoms with E-state index in [1.54, 1.807) is 0 Å². The first-order chi connectivity index (χ1) is 4.92. The van der Waals surface area contributed by atoms with E-state index in [0.717, 1.165) is 11.6 Å². The lowest BCUT2D eigenvalue weighted by molar-refractivity contribution is 0.395. The molecule has 0 heterocycles. The van der Waals surface area contributed by atoms with Crippen molar-refractivity contribution >= 4 is 14.4 Å². The van der Waals surface area contributed by atoms with Crippen LogP contribution in [0.4, 0.5) is 0 Å². The summed E-state index contributed by atoms with van der Waals surface area (Å²) in [5.41, 5.74) is 0.729. The van der Waals surface area contributed by atoms with Gasteiger partial charge in [0, 0.05) is 7.11 Å². The molecule has 0 saturated heterocycles. The number of nitrogens with one attached hydrogen (secondary N) is 1. The highest BCUT2D eigenvalue weighted by Crippen LogP contribution is 2.19. The third kappa shape index (κ3) is 7.45. The summed E-state index contributed by atoms with van der Waals surface area (Å²) in [7, 11) is 0.557. The van der Waals surface area contributed by atoms with Gasteiger partial charge in [-0.3, -0.25) is 0 Å². The average molecular weight is 175 g/mol. The smallest absolute Gasteiger partial charge is 0.231 e. The average Bonchev–Trinajstić information content (AvgIpc) is 1.89. The summed E-state index contributed by atoms with van der Waals surface area (Å²) in [4.78, 5) is 8.35. The molecule has 0 aromatic heterocycles. The van der Waals surface area contributed by atoms with E-state index in [1.165, 1.54) is 0 Å². The van der Waals surface area contributed by atoms with E-state index < -0.39 is 8.32 Å². The van der Waals surface area contributed by atoms with Gasteiger partial charge in [-0.25, -0.2) is 10.2 Å². The Morgan fingerprint density at radius 2 is 1.73 bits per heavy atom. The number of hydrogen-bond donors (Lipinski definition) is 1. The molecule has 0 aliphatic rings. The van der Waals surface area contributed by atoms with Gasteiger partial charge >= 0.3 is 0 Å². The van der Waals surface area contributed by atoms with Crippen molar-refractivity contribution in [1.82, 2.24) is 0 Å². The molecule has 0 atom stereocenters. The molecule has 0 aliphatic heterocycles. The van der Waals surface area contributed by atoms with Crippen molar-refractivity contribution in [3.05, 3.63) is 0 Å². The van der Waals surface area contributed by atoms with Crippen LogP contribution < -0.4 is 0 Å². The lowest BCUT2D eigenvalue weighted by Crippen LogP contribution is -2.32. The summed E-state index contributed by atoms with van der Waals surface area (Å²) in [6, 6.07) is 0. The predicted octanol–water partition coefficient (Wildman–Crippen LogP) is 2.15. The first-order valence-electron chi connectivity index (χ1n) is 3.51. The van der Waals surface area contributed by atoms with Gasteiger partial charge in [-0.2, -0.15) is 0 Å². The van der Waals surface area contributed by atoms with Crippen LogP contribution in [-0.2, 0) is 9.22 Å². The van der Waals surface area contributed by atoms with Gasteiger partial charge in [-0.1, -0.05) is 13.8 Å². The van der Waals surface area contributed by atoms with E-state index >= 15 is 0 Å². The normalized spacial score (nSPS) is 10.0. The van der Waals surface area contributed by atoms with E-state index in [4.69, 9.17) is 14.6 Å². The largest absolute Gasteiger partial charge is 0.420 e. The molecule has 4 heteroatoms. The second-order valence-corrected chi connectivity index (χ2v) is 7.83. The topological polar surface area (TPSA) is 50.1 Å². The van der Waals surface area contributed by atoms with Crippen LogP contribution >= 0.6 is 0 Å². The molecule has 0 saturated carbocycles. The Hall–Kier alpha value is -0.443. The van der Waals surface area contributed by atoms with Gasteiger partial charge in [-0.05, 0) is 18.6 Å². The molecule has 66 valence electrons. The molecule has 0 fully saturated rings. The molecule has 0 aromatic rings. The molecule has 0 radical (unpaired) electrons. The van der Waals surface area contributed by atoms with Gasteiger partial charge < -0.3 is 4.43 Å². The summed E-state index contributed by atoms with van der Waals surface area (Å²) < 4.78 is 5.34. The number of isocyanates is 1. The molecular formula is C7H17NO2Si. The van der Waals surface area contributed by atoms with Crippen LogP contribution in [0, 0.1) is 5.41 Å². The summed E-state index contributed by atoms with van der Waals surface area (Å²) >= 11 is 0. The maximum absolute atomic E-state index is 8.35. The first kappa shape index (κ1) is 13.2. The number of hydrogen-bond acceptors (Lipinski definition) is 3. The van der Waals surface area contributed by atoms with Gasteiger partial charge in [-0.15, -0.1) is 0 Å². The zero-order valence-electron chi connectivity index (χ0n) is 7.89. The lowest BCUT2D eigenvalue weighted by Gasteiger charge is -2.23. The van der Waals surface area contributed by atoms with Gasteiger partial charge in [0.05, 0.1) is 0 Å². The third-order valence-electron chi connectivity index (χ3n) is 1.92. The van der Waals surface area contributed by atoms with Gasteiger partial charge in [0.15, 0.2) is 8.32 Å². The Morgan fingerprint density at radius 3 is 1.73 bits per heavy atom. The molecule has 3 nitrogen and oxygen atoms in total. The Balaban J connectivity index is 0. The molecule has 1 N–H and O–H groups in total. The highest BCUT2D eigenvalue weighted by Gasteiger charge is 2.24. The molecule has 0 bridgehead atoms. The summed E-state index contributed by atoms with van der Waals surface area (Å²) in [6.45, 7) is 8.90. The van der Waals surface area contributed by atoms with Crippen molar-refractivity contribution in [2.45, 2.75) is 32.5 Å². The molecule has 11 heavy (non-hydrogen) atoms. The standard InChI is InChI=1S/C6H16OSi.CHNO/c1-6(2)8(4,5)7-3;2-1-3/h6H,1-5H3;2H. The number of rotatable bonds is 2. The zero-order chi connectivity index (χ0) is 9.49. The van der Waals surface area contributed by atoms with Gasteiger partial charge in [0.2, 0.25) is 6.08 Å². The molecule has 0 aromatic carbocycles. The monoisotopic (exact) mass is 175 g/mol. The van der Waals surface area contributed by atoms with Gasteiger partial charge in [0.1, 0.15) is 0 Å². The quantitative estimate of drug-likeness (QED) is 0.397. The van der Waals surface area contributed by atoms with Crippen LogP contribution in [0.1, 0.15) is 13.8 Å². The highest BCUT2D eigenvalue weighted by molar-refractivity contribution is 6.72. The summed E-state index contributed by atoms with van der Waals surface area (Å²) in [5.74, 6) is 0. The predicted molar refractivity (Wildman–Crippen MR) is 48.0 cm³/mol. The highest BCUT2D eigenvalue weighted by atomic mass is 28.4. The van der Waals surface area contributed by atoms with E-state index in [-0.39, 0.29) is 0 Å². The van der Waals surface area contributed by atoms with Crippen LogP contribution in [0.15, 0.2) is 0 Å². The van der Waals surface area contributed by atoms with Crippen LogP contribution in [0.2, 0.25) is 18.6 Å². The second-order valence-electron chi connectivity index (χ2n) is 3.06. The molecule has 0 rings (SSSR count). The van der Waals surface area contributed by atoms with Crippen LogP contribution in [0.5, 0.6) is 0 Å². The van der Waals surface area contributed by atoms with Gasteiger partial charge in [0.25, 0.3) is 0 Å². The fourth-order valence-electron chi connectivity index (χ4n) is 0.236. The van der Waals surface area contributed by atoms with E-state index in [1.807, 2.05) is 7.11 Å². The molecule has 0 unspecified atom stereocenters. The molecule has 0 spiro atoms. The maximum atomic E-state index is 8.35. The van der Waals surface area contributed by atoms with Crippen LogP contribution in [0.25, 0.3) is 0 Å². The minimum Gasteiger partial charge on any atom is -0.420 e. The van der Waals surface area contributed by atoms with E-state index in [2.05, 4.69) is 26.9 Å². The van der Waals surface area contributed by atoms with Crippen molar-refractivity contribution in [3.8, 4) is 0 Å². The lowest BCUT2D eigenvalue weighted by atomic mass is 10.6. The van der Waals surface area contributed by atoms with Crippen molar-refractivity contribution in [1.29, 1.82) is 5.41 Å². The minimum atomic E-state index is -1.25. The fraction of sp³-hybridized carbons (Fsp3) is 0.857. The van der Waals surface area contributed by atoms with Crippen molar-refractivity contribution < 1.29 is 9.22 Å². The first-order valence-corrected chi connectivity index (χ1v) is 6.50. The third-order valence-corrected chi connectivity index (χ3v) is 5.75. The SMILES string of the molecule is CO[Si](C)(C)C(C)C.N=C=O. The molecule has 0 amide bonds. The van der Waals surface area contributed by atoms with E-state index in [9.17, 15) is 0 Å². The Bertz CT molecular complexity index is 128. The van der Waals surface area contributed by atoms with Crippen LogP contribution in [-0.4, -0.2) is 21.5 Å². The Morgan fingerprint density at radius 1 is 1.45 bits per heavy atom. The van der Waals surface area contributed by atoms with Crippen molar-refractivity contribution in [3.63, 3.8) is 0 Å². The van der Waals surface area contributed by atoms with Crippen molar-refractivity contribution in [2.24, 2.45) is 0 Å².